The zero-order valence-corrected chi connectivity index (χ0v) is 13.2. The van der Waals surface area contributed by atoms with Gasteiger partial charge in [0.1, 0.15) is 0 Å². The average Bonchev–Trinajstić information content (AvgIpc) is 2.45. The minimum Gasteiger partial charge on any atom is -0.353 e. The number of ether oxygens (including phenoxy) is 2. The summed E-state index contributed by atoms with van der Waals surface area (Å²) in [5.74, 6) is 5.71. The van der Waals surface area contributed by atoms with E-state index in [0.717, 1.165) is 26.1 Å². The summed E-state index contributed by atoms with van der Waals surface area (Å²) < 4.78 is 11.0. The molecular formula is C18H30O2. The molecule has 0 aliphatic rings. The van der Waals surface area contributed by atoms with Crippen LogP contribution >= 0.6 is 0 Å². The van der Waals surface area contributed by atoms with Gasteiger partial charge in [-0.05, 0) is 51.7 Å². The average molecular weight is 278 g/mol. The number of hydrogen-bond donors (Lipinski definition) is 0. The minimum absolute atomic E-state index is 0.00336. The Hall–Kier alpha value is -1.04. The maximum absolute atomic E-state index is 5.52. The molecule has 2 nitrogen and oxygen atoms in total. The van der Waals surface area contributed by atoms with E-state index in [1.54, 1.807) is 6.08 Å². The van der Waals surface area contributed by atoms with Crippen molar-refractivity contribution >= 4 is 0 Å². The van der Waals surface area contributed by atoms with Gasteiger partial charge in [0.15, 0.2) is 6.29 Å². The molecule has 0 N–H and O–H groups in total. The Bertz CT molecular complexity index is 290. The lowest BCUT2D eigenvalue weighted by atomic mass is 10.1. The van der Waals surface area contributed by atoms with Crippen LogP contribution in [-0.2, 0) is 9.47 Å². The van der Waals surface area contributed by atoms with Crippen molar-refractivity contribution < 1.29 is 9.47 Å². The van der Waals surface area contributed by atoms with Gasteiger partial charge >= 0.3 is 0 Å². The van der Waals surface area contributed by atoms with Crippen molar-refractivity contribution in [2.45, 2.75) is 65.1 Å². The van der Waals surface area contributed by atoms with Crippen LogP contribution in [0.15, 0.2) is 24.8 Å². The second-order valence-electron chi connectivity index (χ2n) is 4.58. The lowest BCUT2D eigenvalue weighted by Crippen LogP contribution is -2.17. The Morgan fingerprint density at radius 2 is 1.60 bits per heavy atom. The lowest BCUT2D eigenvalue weighted by molar-refractivity contribution is -0.140. The highest BCUT2D eigenvalue weighted by molar-refractivity contribution is 5.21. The molecule has 0 aromatic heterocycles. The first-order chi connectivity index (χ1) is 9.85. The van der Waals surface area contributed by atoms with E-state index in [2.05, 4.69) is 24.5 Å². The van der Waals surface area contributed by atoms with Gasteiger partial charge in [-0.2, -0.15) is 0 Å². The largest absolute Gasteiger partial charge is 0.353 e. The maximum Gasteiger partial charge on any atom is 0.157 e. The molecule has 0 bridgehead atoms. The molecule has 20 heavy (non-hydrogen) atoms. The molecule has 0 unspecified atom stereocenters. The van der Waals surface area contributed by atoms with Crippen molar-refractivity contribution in [2.75, 3.05) is 13.2 Å². The van der Waals surface area contributed by atoms with Crippen LogP contribution in [0.25, 0.3) is 0 Å². The highest BCUT2D eigenvalue weighted by Gasteiger charge is 2.06. The molecule has 0 radical (unpaired) electrons. The summed E-state index contributed by atoms with van der Waals surface area (Å²) in [6.07, 6.45) is 14.1. The molecule has 2 heteroatoms. The first kappa shape index (κ1) is 19.0. The molecule has 0 rings (SSSR count). The van der Waals surface area contributed by atoms with Crippen molar-refractivity contribution in [1.82, 2.24) is 0 Å². The fourth-order valence-corrected chi connectivity index (χ4v) is 1.94. The van der Waals surface area contributed by atoms with E-state index in [1.807, 2.05) is 19.9 Å². The summed E-state index contributed by atoms with van der Waals surface area (Å²) in [5, 5.41) is 0. The van der Waals surface area contributed by atoms with Crippen LogP contribution in [0.3, 0.4) is 0 Å². The van der Waals surface area contributed by atoms with Crippen molar-refractivity contribution in [3.63, 3.8) is 0 Å². The third-order valence-corrected chi connectivity index (χ3v) is 2.90. The molecule has 0 spiro atoms. The molecule has 0 saturated carbocycles. The van der Waals surface area contributed by atoms with Crippen LogP contribution in [0.5, 0.6) is 0 Å². The Kier molecular flexibility index (Phi) is 15.2. The second-order valence-corrected chi connectivity index (χ2v) is 4.58. The van der Waals surface area contributed by atoms with Gasteiger partial charge in [-0.3, -0.25) is 0 Å². The normalized spacial score (nSPS) is 10.8. The molecule has 0 aliphatic carbocycles. The zero-order chi connectivity index (χ0) is 14.9. The van der Waals surface area contributed by atoms with Crippen LogP contribution < -0.4 is 0 Å². The van der Waals surface area contributed by atoms with Gasteiger partial charge in [-0.25, -0.2) is 0 Å². The van der Waals surface area contributed by atoms with Gasteiger partial charge in [0.25, 0.3) is 0 Å². The molecule has 114 valence electrons. The highest BCUT2D eigenvalue weighted by atomic mass is 16.7. The van der Waals surface area contributed by atoms with Crippen LogP contribution in [0.2, 0.25) is 0 Å². The zero-order valence-electron chi connectivity index (χ0n) is 13.2. The van der Waals surface area contributed by atoms with Crippen molar-refractivity contribution in [2.24, 2.45) is 0 Å². The quantitative estimate of drug-likeness (QED) is 0.288. The predicted octanol–water partition coefficient (Wildman–Crippen LogP) is 4.86. The minimum atomic E-state index is -0.00336. The van der Waals surface area contributed by atoms with Crippen LogP contribution in [-0.4, -0.2) is 19.5 Å². The van der Waals surface area contributed by atoms with E-state index < -0.39 is 0 Å². The summed E-state index contributed by atoms with van der Waals surface area (Å²) in [6, 6.07) is 0. The maximum atomic E-state index is 5.52. The summed E-state index contributed by atoms with van der Waals surface area (Å²) >= 11 is 0. The van der Waals surface area contributed by atoms with Gasteiger partial charge in [0, 0.05) is 13.2 Å². The van der Waals surface area contributed by atoms with Gasteiger partial charge in [0.2, 0.25) is 0 Å². The number of allylic oxidation sites excluding steroid dienone is 3. The Morgan fingerprint density at radius 3 is 2.25 bits per heavy atom. The number of unbranched alkanes of at least 4 members (excludes halogenated alkanes) is 5. The van der Waals surface area contributed by atoms with Crippen molar-refractivity contribution in [1.29, 1.82) is 0 Å². The van der Waals surface area contributed by atoms with Crippen LogP contribution in [0.4, 0.5) is 0 Å². The fourth-order valence-electron chi connectivity index (χ4n) is 1.94. The molecule has 0 atom stereocenters. The number of hydrogen-bond acceptors (Lipinski definition) is 2. The molecule has 0 aliphatic heterocycles. The van der Waals surface area contributed by atoms with Crippen molar-refractivity contribution in [3.05, 3.63) is 24.8 Å². The molecular weight excluding hydrogens is 248 g/mol. The lowest BCUT2D eigenvalue weighted by Gasteiger charge is -2.16. The summed E-state index contributed by atoms with van der Waals surface area (Å²) in [5.41, 5.74) is 0. The highest BCUT2D eigenvalue weighted by Crippen LogP contribution is 2.11. The third-order valence-electron chi connectivity index (χ3n) is 2.90. The van der Waals surface area contributed by atoms with Crippen LogP contribution in [0.1, 0.15) is 58.8 Å². The Morgan fingerprint density at radius 1 is 0.950 bits per heavy atom. The van der Waals surface area contributed by atoms with Gasteiger partial charge < -0.3 is 9.47 Å². The van der Waals surface area contributed by atoms with Gasteiger partial charge in [-0.15, -0.1) is 0 Å². The van der Waals surface area contributed by atoms with Crippen molar-refractivity contribution in [3.8, 4) is 11.8 Å². The third kappa shape index (κ3) is 13.4. The van der Waals surface area contributed by atoms with Gasteiger partial charge in [-0.1, -0.05) is 43.8 Å². The predicted molar refractivity (Wildman–Crippen MR) is 86.5 cm³/mol. The number of rotatable bonds is 12. The molecule has 0 saturated heterocycles. The smallest absolute Gasteiger partial charge is 0.157 e. The SMILES string of the molecule is C=CC#C/C=C/CCCCCCCC(OCC)OCC. The van der Waals surface area contributed by atoms with E-state index >= 15 is 0 Å². The standard InChI is InChI=1S/C18H30O2/c1-4-7-8-9-10-11-12-13-14-15-16-17-18(19-5-2)20-6-3/h4,9-10,18H,1,5-6,11-17H2,2-3H3/b10-9+. The summed E-state index contributed by atoms with van der Waals surface area (Å²) in [6.45, 7) is 9.03. The van der Waals surface area contributed by atoms with E-state index in [1.165, 1.54) is 32.1 Å². The first-order valence-electron chi connectivity index (χ1n) is 7.85. The topological polar surface area (TPSA) is 18.5 Å². The summed E-state index contributed by atoms with van der Waals surface area (Å²) in [4.78, 5) is 0. The molecule has 0 aromatic rings. The molecule has 0 amide bonds. The second kappa shape index (κ2) is 16.0. The summed E-state index contributed by atoms with van der Waals surface area (Å²) in [7, 11) is 0. The molecule has 0 aromatic carbocycles. The van der Waals surface area contributed by atoms with Gasteiger partial charge in [0.05, 0.1) is 0 Å². The van der Waals surface area contributed by atoms with E-state index in [-0.39, 0.29) is 6.29 Å². The molecule has 0 fully saturated rings. The monoisotopic (exact) mass is 278 g/mol. The van der Waals surface area contributed by atoms with E-state index in [9.17, 15) is 0 Å². The van der Waals surface area contributed by atoms with Crippen LogP contribution in [0, 0.1) is 11.8 Å². The Labute approximate surface area is 125 Å². The Balaban J connectivity index is 3.38. The molecule has 0 heterocycles. The fraction of sp³-hybridized carbons (Fsp3) is 0.667. The first-order valence-corrected chi connectivity index (χ1v) is 7.85. The van der Waals surface area contributed by atoms with E-state index in [0.29, 0.717) is 0 Å². The van der Waals surface area contributed by atoms with E-state index in [4.69, 9.17) is 9.47 Å².